The fourth-order valence-electron chi connectivity index (χ4n) is 2.42. The predicted molar refractivity (Wildman–Crippen MR) is 75.7 cm³/mol. The average molecular weight is 280 g/mol. The summed E-state index contributed by atoms with van der Waals surface area (Å²) in [4.78, 5) is 12.1. The highest BCUT2D eigenvalue weighted by Gasteiger charge is 2.31. The van der Waals surface area contributed by atoms with Crippen molar-refractivity contribution < 1.29 is 14.3 Å². The van der Waals surface area contributed by atoms with Crippen molar-refractivity contribution in [2.24, 2.45) is 5.92 Å². The predicted octanol–water partition coefficient (Wildman–Crippen LogP) is 2.57. The van der Waals surface area contributed by atoms with Crippen molar-refractivity contribution in [3.8, 4) is 0 Å². The van der Waals surface area contributed by atoms with E-state index in [1.54, 1.807) is 6.20 Å². The molecule has 0 radical (unpaired) electrons. The van der Waals surface area contributed by atoms with Gasteiger partial charge in [-0.05, 0) is 32.6 Å². The Hall–Kier alpha value is -1.36. The van der Waals surface area contributed by atoms with E-state index in [1.807, 2.05) is 18.5 Å². The van der Waals surface area contributed by atoms with Crippen LogP contribution in [0.1, 0.15) is 49.7 Å². The summed E-state index contributed by atoms with van der Waals surface area (Å²) in [6.07, 6.45) is 3.56. The molecule has 5 heteroatoms. The van der Waals surface area contributed by atoms with E-state index in [2.05, 4.69) is 18.9 Å². The van der Waals surface area contributed by atoms with Crippen LogP contribution in [0.3, 0.4) is 0 Å². The molecular formula is C15H24N2O3. The number of hydrogen-bond acceptors (Lipinski definition) is 4. The van der Waals surface area contributed by atoms with Crippen LogP contribution in [0.25, 0.3) is 0 Å². The minimum atomic E-state index is -0.322. The number of carbonyl (C=O) groups excluding carboxylic acids is 1. The SMILES string of the molecule is Cc1c(C(=O)OC[C@@]2(C)CCCO2)cnn1CC(C)C. The van der Waals surface area contributed by atoms with Crippen LogP contribution in [0.15, 0.2) is 6.20 Å². The van der Waals surface area contributed by atoms with Crippen LogP contribution in [-0.4, -0.2) is 34.6 Å². The molecule has 0 unspecified atom stereocenters. The lowest BCUT2D eigenvalue weighted by Crippen LogP contribution is -2.31. The standard InChI is InChI=1S/C15H24N2O3/c1-11(2)9-17-12(3)13(8-16-17)14(18)19-10-15(4)6-5-7-20-15/h8,11H,5-7,9-10H2,1-4H3/t15-/m1/s1. The Morgan fingerprint density at radius 1 is 1.60 bits per heavy atom. The van der Waals surface area contributed by atoms with Crippen molar-refractivity contribution in [2.75, 3.05) is 13.2 Å². The van der Waals surface area contributed by atoms with Gasteiger partial charge in [0, 0.05) is 18.8 Å². The number of aromatic nitrogens is 2. The Bertz CT molecular complexity index is 473. The van der Waals surface area contributed by atoms with Crippen LogP contribution in [-0.2, 0) is 16.0 Å². The third kappa shape index (κ3) is 3.39. The fraction of sp³-hybridized carbons (Fsp3) is 0.733. The summed E-state index contributed by atoms with van der Waals surface area (Å²) in [7, 11) is 0. The summed E-state index contributed by atoms with van der Waals surface area (Å²) < 4.78 is 12.9. The molecule has 1 saturated heterocycles. The summed E-state index contributed by atoms with van der Waals surface area (Å²) in [5, 5.41) is 4.26. The molecular weight excluding hydrogens is 256 g/mol. The van der Waals surface area contributed by atoms with Gasteiger partial charge in [0.2, 0.25) is 0 Å². The summed E-state index contributed by atoms with van der Waals surface area (Å²) in [5.41, 5.74) is 1.09. The Kier molecular flexibility index (Phi) is 4.48. The number of ether oxygens (including phenoxy) is 2. The third-order valence-electron chi connectivity index (χ3n) is 3.67. The van der Waals surface area contributed by atoms with Crippen LogP contribution in [0.2, 0.25) is 0 Å². The van der Waals surface area contributed by atoms with Crippen LogP contribution < -0.4 is 0 Å². The van der Waals surface area contributed by atoms with Crippen molar-refractivity contribution in [2.45, 2.75) is 52.7 Å². The molecule has 2 heterocycles. The highest BCUT2D eigenvalue weighted by molar-refractivity contribution is 5.90. The highest BCUT2D eigenvalue weighted by Crippen LogP contribution is 2.25. The van der Waals surface area contributed by atoms with Gasteiger partial charge in [-0.3, -0.25) is 4.68 Å². The van der Waals surface area contributed by atoms with E-state index in [1.165, 1.54) is 0 Å². The summed E-state index contributed by atoms with van der Waals surface area (Å²) in [6, 6.07) is 0. The smallest absolute Gasteiger partial charge is 0.341 e. The van der Waals surface area contributed by atoms with Crippen LogP contribution in [0.4, 0.5) is 0 Å². The van der Waals surface area contributed by atoms with Crippen LogP contribution >= 0.6 is 0 Å². The van der Waals surface area contributed by atoms with Gasteiger partial charge in [0.05, 0.1) is 11.8 Å². The second-order valence-corrected chi connectivity index (χ2v) is 6.20. The Balaban J connectivity index is 1.97. The van der Waals surface area contributed by atoms with E-state index in [-0.39, 0.29) is 11.6 Å². The molecule has 0 saturated carbocycles. The Morgan fingerprint density at radius 3 is 2.95 bits per heavy atom. The molecule has 0 spiro atoms. The molecule has 0 aromatic carbocycles. The third-order valence-corrected chi connectivity index (χ3v) is 3.67. The lowest BCUT2D eigenvalue weighted by molar-refractivity contribution is -0.0378. The van der Waals surface area contributed by atoms with E-state index in [4.69, 9.17) is 9.47 Å². The molecule has 5 nitrogen and oxygen atoms in total. The van der Waals surface area contributed by atoms with Gasteiger partial charge in [-0.15, -0.1) is 0 Å². The molecule has 1 aliphatic rings. The summed E-state index contributed by atoms with van der Waals surface area (Å²) in [6.45, 7) is 10.00. The second kappa shape index (κ2) is 5.95. The summed E-state index contributed by atoms with van der Waals surface area (Å²) in [5.74, 6) is 0.178. The number of hydrogen-bond donors (Lipinski definition) is 0. The van der Waals surface area contributed by atoms with E-state index < -0.39 is 0 Å². The molecule has 20 heavy (non-hydrogen) atoms. The molecule has 0 bridgehead atoms. The maximum Gasteiger partial charge on any atom is 0.341 e. The Morgan fingerprint density at radius 2 is 2.35 bits per heavy atom. The first-order valence-corrected chi connectivity index (χ1v) is 7.25. The molecule has 1 aromatic rings. The first kappa shape index (κ1) is 15.0. The van der Waals surface area contributed by atoms with Gasteiger partial charge in [0.1, 0.15) is 12.2 Å². The van der Waals surface area contributed by atoms with Gasteiger partial charge in [-0.2, -0.15) is 5.10 Å². The van der Waals surface area contributed by atoms with Crippen molar-refractivity contribution >= 4 is 5.97 Å². The van der Waals surface area contributed by atoms with Crippen molar-refractivity contribution in [3.05, 3.63) is 17.5 Å². The first-order valence-electron chi connectivity index (χ1n) is 7.25. The zero-order valence-corrected chi connectivity index (χ0v) is 12.8. The number of carbonyl (C=O) groups is 1. The van der Waals surface area contributed by atoms with Gasteiger partial charge in [0.15, 0.2) is 0 Å². The van der Waals surface area contributed by atoms with E-state index in [9.17, 15) is 4.79 Å². The van der Waals surface area contributed by atoms with Crippen LogP contribution in [0, 0.1) is 12.8 Å². The molecule has 0 aliphatic carbocycles. The van der Waals surface area contributed by atoms with E-state index in [0.717, 1.165) is 31.7 Å². The Labute approximate surface area is 120 Å². The fourth-order valence-corrected chi connectivity index (χ4v) is 2.42. The monoisotopic (exact) mass is 280 g/mol. The summed E-state index contributed by atoms with van der Waals surface area (Å²) >= 11 is 0. The minimum absolute atomic E-state index is 0.306. The molecule has 1 aromatic heterocycles. The number of rotatable bonds is 5. The number of nitrogens with zero attached hydrogens (tertiary/aromatic N) is 2. The quantitative estimate of drug-likeness (QED) is 0.778. The largest absolute Gasteiger partial charge is 0.459 e. The molecule has 2 rings (SSSR count). The van der Waals surface area contributed by atoms with E-state index >= 15 is 0 Å². The van der Waals surface area contributed by atoms with Crippen molar-refractivity contribution in [3.63, 3.8) is 0 Å². The maximum atomic E-state index is 12.1. The van der Waals surface area contributed by atoms with Gasteiger partial charge in [-0.1, -0.05) is 13.8 Å². The molecule has 0 N–H and O–H groups in total. The van der Waals surface area contributed by atoms with Gasteiger partial charge in [-0.25, -0.2) is 4.79 Å². The molecule has 1 aliphatic heterocycles. The first-order chi connectivity index (χ1) is 9.41. The topological polar surface area (TPSA) is 53.4 Å². The van der Waals surface area contributed by atoms with Gasteiger partial charge >= 0.3 is 5.97 Å². The maximum absolute atomic E-state index is 12.1. The van der Waals surface area contributed by atoms with E-state index in [0.29, 0.717) is 18.1 Å². The second-order valence-electron chi connectivity index (χ2n) is 6.20. The minimum Gasteiger partial charge on any atom is -0.459 e. The van der Waals surface area contributed by atoms with Crippen LogP contribution in [0.5, 0.6) is 0 Å². The molecule has 112 valence electrons. The molecule has 1 fully saturated rings. The van der Waals surface area contributed by atoms with Gasteiger partial charge in [0.25, 0.3) is 0 Å². The lowest BCUT2D eigenvalue weighted by atomic mass is 10.0. The highest BCUT2D eigenvalue weighted by atomic mass is 16.6. The molecule has 0 amide bonds. The zero-order chi connectivity index (χ0) is 14.8. The lowest BCUT2D eigenvalue weighted by Gasteiger charge is -2.22. The van der Waals surface area contributed by atoms with Crippen molar-refractivity contribution in [1.82, 2.24) is 9.78 Å². The van der Waals surface area contributed by atoms with Gasteiger partial charge < -0.3 is 9.47 Å². The zero-order valence-electron chi connectivity index (χ0n) is 12.8. The molecule has 1 atom stereocenters. The number of esters is 1. The normalized spacial score (nSPS) is 22.4. The van der Waals surface area contributed by atoms with Crippen molar-refractivity contribution in [1.29, 1.82) is 0 Å². The average Bonchev–Trinajstić information content (AvgIpc) is 2.95.